The van der Waals surface area contributed by atoms with Gasteiger partial charge in [-0.3, -0.25) is 10.1 Å². The normalized spacial score (nSPS) is 10.4. The fourth-order valence-corrected chi connectivity index (χ4v) is 3.49. The Morgan fingerprint density at radius 2 is 1.75 bits per heavy atom. The minimum atomic E-state index is -0.724. The average molecular weight is 407 g/mol. The number of nitro benzene ring substituents is 1. The third-order valence-electron chi connectivity index (χ3n) is 3.61. The van der Waals surface area contributed by atoms with Gasteiger partial charge in [-0.05, 0) is 50.6 Å². The van der Waals surface area contributed by atoms with E-state index >= 15 is 0 Å². The van der Waals surface area contributed by atoms with Gasteiger partial charge in [-0.25, -0.2) is 14.0 Å². The number of esters is 2. The quantitative estimate of drug-likeness (QED) is 0.377. The van der Waals surface area contributed by atoms with E-state index in [1.807, 2.05) is 0 Å². The summed E-state index contributed by atoms with van der Waals surface area (Å²) >= 11 is 0.931. The second-order valence-electron chi connectivity index (χ2n) is 5.58. The van der Waals surface area contributed by atoms with Crippen molar-refractivity contribution in [3.63, 3.8) is 0 Å². The molecular formula is C19H18FNO6S. The first-order valence-electron chi connectivity index (χ1n) is 8.39. The third kappa shape index (κ3) is 4.86. The lowest BCUT2D eigenvalue weighted by atomic mass is 10.1. The molecule has 0 N–H and O–H groups in total. The molecule has 0 aliphatic heterocycles. The molecule has 148 valence electrons. The molecule has 2 rings (SSSR count). The molecule has 0 bridgehead atoms. The van der Waals surface area contributed by atoms with Crippen molar-refractivity contribution < 1.29 is 28.4 Å². The zero-order valence-corrected chi connectivity index (χ0v) is 16.3. The van der Waals surface area contributed by atoms with Crippen LogP contribution in [-0.2, 0) is 9.47 Å². The predicted octanol–water partition coefficient (Wildman–Crippen LogP) is 4.55. The summed E-state index contributed by atoms with van der Waals surface area (Å²) in [5, 5.41) is 11.5. The van der Waals surface area contributed by atoms with Crippen LogP contribution in [0.5, 0.6) is 0 Å². The van der Waals surface area contributed by atoms with Crippen molar-refractivity contribution in [2.75, 3.05) is 13.2 Å². The fourth-order valence-electron chi connectivity index (χ4n) is 2.42. The van der Waals surface area contributed by atoms with Gasteiger partial charge in [-0.1, -0.05) is 11.8 Å². The van der Waals surface area contributed by atoms with Crippen molar-refractivity contribution in [3.8, 4) is 0 Å². The summed E-state index contributed by atoms with van der Waals surface area (Å²) in [6, 6.07) is 6.17. The largest absolute Gasteiger partial charge is 0.462 e. The van der Waals surface area contributed by atoms with Gasteiger partial charge < -0.3 is 9.47 Å². The first-order valence-corrected chi connectivity index (χ1v) is 9.20. The van der Waals surface area contributed by atoms with Crippen molar-refractivity contribution >= 4 is 29.4 Å². The van der Waals surface area contributed by atoms with Crippen LogP contribution >= 0.6 is 11.8 Å². The van der Waals surface area contributed by atoms with Gasteiger partial charge in [-0.15, -0.1) is 0 Å². The van der Waals surface area contributed by atoms with E-state index in [9.17, 15) is 24.1 Å². The number of halogens is 1. The number of carbonyl (C=O) groups excluding carboxylic acids is 2. The Morgan fingerprint density at radius 1 is 1.11 bits per heavy atom. The smallest absolute Gasteiger partial charge is 0.339 e. The van der Waals surface area contributed by atoms with E-state index in [1.165, 1.54) is 18.2 Å². The zero-order chi connectivity index (χ0) is 20.8. The van der Waals surface area contributed by atoms with Crippen LogP contribution in [0.3, 0.4) is 0 Å². The summed E-state index contributed by atoms with van der Waals surface area (Å²) in [6.45, 7) is 5.08. The molecular weight excluding hydrogens is 389 g/mol. The molecule has 0 saturated heterocycles. The lowest BCUT2D eigenvalue weighted by molar-refractivity contribution is -0.387. The van der Waals surface area contributed by atoms with E-state index in [0.717, 1.165) is 23.9 Å². The molecule has 0 heterocycles. The van der Waals surface area contributed by atoms with E-state index in [0.29, 0.717) is 10.5 Å². The molecule has 0 amide bonds. The molecule has 0 aliphatic rings. The van der Waals surface area contributed by atoms with Crippen LogP contribution in [0.4, 0.5) is 10.1 Å². The SMILES string of the molecule is CCOC(=O)c1ccc(Sc2c(C)cc(F)cc2C(=O)OCC)c([N+](=O)[O-])c1. The first-order chi connectivity index (χ1) is 13.3. The maximum absolute atomic E-state index is 13.8. The van der Waals surface area contributed by atoms with Gasteiger partial charge in [0.15, 0.2) is 0 Å². The highest BCUT2D eigenvalue weighted by Gasteiger charge is 2.23. The minimum Gasteiger partial charge on any atom is -0.462 e. The maximum atomic E-state index is 13.8. The molecule has 0 unspecified atom stereocenters. The third-order valence-corrected chi connectivity index (χ3v) is 4.92. The highest BCUT2D eigenvalue weighted by Crippen LogP contribution is 2.39. The molecule has 0 atom stereocenters. The second-order valence-corrected chi connectivity index (χ2v) is 6.63. The highest BCUT2D eigenvalue weighted by atomic mass is 32.2. The lowest BCUT2D eigenvalue weighted by Crippen LogP contribution is -2.08. The standard InChI is InChI=1S/C19H18FNO6S/c1-4-26-18(22)12-6-7-16(15(9-12)21(24)25)28-17-11(3)8-13(20)10-14(17)19(23)27-5-2/h6-10H,4-5H2,1-3H3. The van der Waals surface area contributed by atoms with Crippen LogP contribution in [-0.4, -0.2) is 30.1 Å². The zero-order valence-electron chi connectivity index (χ0n) is 15.5. The predicted molar refractivity (Wildman–Crippen MR) is 100 cm³/mol. The molecule has 0 radical (unpaired) electrons. The van der Waals surface area contributed by atoms with Gasteiger partial charge in [0.1, 0.15) is 5.82 Å². The molecule has 0 aliphatic carbocycles. The van der Waals surface area contributed by atoms with E-state index in [1.54, 1.807) is 20.8 Å². The molecule has 9 heteroatoms. The van der Waals surface area contributed by atoms with Gasteiger partial charge in [0.05, 0.1) is 34.2 Å². The summed E-state index contributed by atoms with van der Waals surface area (Å²) < 4.78 is 23.6. The maximum Gasteiger partial charge on any atom is 0.339 e. The molecule has 0 spiro atoms. The number of carbonyl (C=O) groups is 2. The summed E-state index contributed by atoms with van der Waals surface area (Å²) in [4.78, 5) is 35.4. The molecule has 2 aromatic carbocycles. The van der Waals surface area contributed by atoms with Gasteiger partial charge >= 0.3 is 11.9 Å². The molecule has 28 heavy (non-hydrogen) atoms. The average Bonchev–Trinajstić information content (AvgIpc) is 2.64. The van der Waals surface area contributed by atoms with Crippen LogP contribution in [0, 0.1) is 22.9 Å². The molecule has 0 aromatic heterocycles. The Balaban J connectivity index is 2.52. The number of rotatable bonds is 7. The summed E-state index contributed by atoms with van der Waals surface area (Å²) in [5.74, 6) is -2.01. The Labute approximate surface area is 165 Å². The number of benzene rings is 2. The monoisotopic (exact) mass is 407 g/mol. The van der Waals surface area contributed by atoms with Crippen molar-refractivity contribution in [1.82, 2.24) is 0 Å². The van der Waals surface area contributed by atoms with Crippen LogP contribution < -0.4 is 0 Å². The van der Waals surface area contributed by atoms with Crippen LogP contribution in [0.1, 0.15) is 40.1 Å². The minimum absolute atomic E-state index is 0.0203. The van der Waals surface area contributed by atoms with Gasteiger partial charge in [0, 0.05) is 11.0 Å². The van der Waals surface area contributed by atoms with Gasteiger partial charge in [0.2, 0.25) is 0 Å². The van der Waals surface area contributed by atoms with Crippen molar-refractivity contribution in [2.24, 2.45) is 0 Å². The Morgan fingerprint density at radius 3 is 2.36 bits per heavy atom. The summed E-state index contributed by atoms with van der Waals surface area (Å²) in [6.07, 6.45) is 0. The summed E-state index contributed by atoms with van der Waals surface area (Å²) in [7, 11) is 0. The van der Waals surface area contributed by atoms with Gasteiger partial charge in [0.25, 0.3) is 5.69 Å². The van der Waals surface area contributed by atoms with Crippen molar-refractivity contribution in [1.29, 1.82) is 0 Å². The molecule has 7 nitrogen and oxygen atoms in total. The first kappa shape index (κ1) is 21.4. The van der Waals surface area contributed by atoms with Crippen molar-refractivity contribution in [3.05, 3.63) is 63.0 Å². The molecule has 0 saturated carbocycles. The number of hydrogen-bond donors (Lipinski definition) is 0. The van der Waals surface area contributed by atoms with E-state index in [-0.39, 0.29) is 34.9 Å². The van der Waals surface area contributed by atoms with Gasteiger partial charge in [-0.2, -0.15) is 0 Å². The Hall–Kier alpha value is -2.94. The van der Waals surface area contributed by atoms with E-state index in [2.05, 4.69) is 0 Å². The van der Waals surface area contributed by atoms with E-state index in [4.69, 9.17) is 9.47 Å². The van der Waals surface area contributed by atoms with E-state index < -0.39 is 22.7 Å². The topological polar surface area (TPSA) is 95.7 Å². The number of nitrogens with zero attached hydrogens (tertiary/aromatic N) is 1. The number of aryl methyl sites for hydroxylation is 1. The highest BCUT2D eigenvalue weighted by molar-refractivity contribution is 7.99. The Kier molecular flexibility index (Phi) is 7.11. The Bertz CT molecular complexity index is 931. The van der Waals surface area contributed by atoms with Crippen molar-refractivity contribution in [2.45, 2.75) is 30.6 Å². The van der Waals surface area contributed by atoms with Crippen LogP contribution in [0.25, 0.3) is 0 Å². The second kappa shape index (κ2) is 9.32. The molecule has 2 aromatic rings. The fraction of sp³-hybridized carbons (Fsp3) is 0.263. The lowest BCUT2D eigenvalue weighted by Gasteiger charge is -2.12. The number of ether oxygens (including phenoxy) is 2. The van der Waals surface area contributed by atoms with Crippen LogP contribution in [0.15, 0.2) is 40.1 Å². The molecule has 0 fully saturated rings. The summed E-state index contributed by atoms with van der Waals surface area (Å²) in [5.41, 5.74) is 0.123. The number of hydrogen-bond acceptors (Lipinski definition) is 7. The number of nitro groups is 1. The van der Waals surface area contributed by atoms with Crippen LogP contribution in [0.2, 0.25) is 0 Å².